The van der Waals surface area contributed by atoms with E-state index in [0.29, 0.717) is 12.8 Å². The number of nitrogens with one attached hydrogen (secondary N) is 1. The fraction of sp³-hybridized carbons (Fsp3) is 0.304. The lowest BCUT2D eigenvalue weighted by atomic mass is 9.94. The Balaban J connectivity index is 2.37. The van der Waals surface area contributed by atoms with E-state index < -0.39 is 6.10 Å². The maximum absolute atomic E-state index is 13.4. The van der Waals surface area contributed by atoms with Crippen LogP contribution in [0.15, 0.2) is 78.1 Å². The van der Waals surface area contributed by atoms with Crippen molar-refractivity contribution in [3.63, 3.8) is 0 Å². The number of halogens is 1. The lowest BCUT2D eigenvalue weighted by molar-refractivity contribution is 0.190. The molecule has 1 unspecified atom stereocenters. The number of aliphatic hydroxyl groups excluding tert-OH is 2. The van der Waals surface area contributed by atoms with Gasteiger partial charge < -0.3 is 15.5 Å². The monoisotopic (exact) mass is 369 g/mol. The third-order valence-electron chi connectivity index (χ3n) is 4.21. The van der Waals surface area contributed by atoms with Crippen LogP contribution in [-0.2, 0) is 0 Å². The Hall–Kier alpha value is -2.43. The van der Waals surface area contributed by atoms with Gasteiger partial charge in [-0.2, -0.15) is 0 Å². The van der Waals surface area contributed by atoms with Crippen LogP contribution in [0, 0.1) is 5.82 Å². The summed E-state index contributed by atoms with van der Waals surface area (Å²) in [5, 5.41) is 22.2. The fourth-order valence-electron chi connectivity index (χ4n) is 2.88. The molecule has 0 aliphatic heterocycles. The number of likely N-dealkylation sites (N-methyl/N-ethyl adjacent to an activating group) is 1. The van der Waals surface area contributed by atoms with E-state index in [2.05, 4.69) is 17.5 Å². The maximum Gasteiger partial charge on any atom is 0.123 e. The molecule has 1 atom stereocenters. The summed E-state index contributed by atoms with van der Waals surface area (Å²) in [6.45, 7) is 2.91. The molecule has 0 heterocycles. The van der Waals surface area contributed by atoms with Crippen LogP contribution in [0.25, 0.3) is 5.57 Å². The van der Waals surface area contributed by atoms with Crippen LogP contribution in [0.5, 0.6) is 0 Å². The predicted molar refractivity (Wildman–Crippen MR) is 109 cm³/mol. The zero-order chi connectivity index (χ0) is 19.5. The van der Waals surface area contributed by atoms with Gasteiger partial charge in [-0.15, -0.1) is 0 Å². The molecule has 0 amide bonds. The maximum atomic E-state index is 13.4. The van der Waals surface area contributed by atoms with Gasteiger partial charge in [0, 0.05) is 24.4 Å². The molecule has 3 nitrogen and oxygen atoms in total. The molecule has 0 bridgehead atoms. The van der Waals surface area contributed by atoms with Gasteiger partial charge in [-0.1, -0.05) is 48.6 Å². The first-order valence-electron chi connectivity index (χ1n) is 9.40. The highest BCUT2D eigenvalue weighted by atomic mass is 19.1. The molecule has 0 radical (unpaired) electrons. The molecule has 0 saturated carbocycles. The Morgan fingerprint density at radius 1 is 1.30 bits per heavy atom. The first-order valence-corrected chi connectivity index (χ1v) is 9.40. The summed E-state index contributed by atoms with van der Waals surface area (Å²) >= 11 is 0. The van der Waals surface area contributed by atoms with Crippen molar-refractivity contribution in [3.8, 4) is 0 Å². The van der Waals surface area contributed by atoms with Crippen LogP contribution in [0.3, 0.4) is 0 Å². The minimum absolute atomic E-state index is 0.0678. The summed E-state index contributed by atoms with van der Waals surface area (Å²) in [5.41, 5.74) is 3.92. The smallest absolute Gasteiger partial charge is 0.123 e. The van der Waals surface area contributed by atoms with Crippen molar-refractivity contribution in [3.05, 3.63) is 89.4 Å². The van der Waals surface area contributed by atoms with Crippen molar-refractivity contribution in [2.45, 2.75) is 32.3 Å². The minimum atomic E-state index is -0.601. The van der Waals surface area contributed by atoms with Crippen LogP contribution >= 0.6 is 0 Å². The fourth-order valence-corrected chi connectivity index (χ4v) is 2.88. The first kappa shape index (κ1) is 20.9. The van der Waals surface area contributed by atoms with Gasteiger partial charge in [0.1, 0.15) is 5.82 Å². The summed E-state index contributed by atoms with van der Waals surface area (Å²) in [7, 11) is 0. The second-order valence-electron chi connectivity index (χ2n) is 6.30. The normalized spacial score (nSPS) is 16.1. The van der Waals surface area contributed by atoms with Crippen molar-refractivity contribution in [2.75, 3.05) is 13.2 Å². The summed E-state index contributed by atoms with van der Waals surface area (Å²) in [6.07, 6.45) is 15.1. The van der Waals surface area contributed by atoms with Gasteiger partial charge in [-0.05, 0) is 55.5 Å². The molecule has 27 heavy (non-hydrogen) atoms. The highest BCUT2D eigenvalue weighted by Gasteiger charge is 2.13. The summed E-state index contributed by atoms with van der Waals surface area (Å²) in [6, 6.07) is 6.43. The third-order valence-corrected chi connectivity index (χ3v) is 4.21. The average Bonchev–Trinajstić information content (AvgIpc) is 2.90. The van der Waals surface area contributed by atoms with Crippen molar-refractivity contribution in [2.24, 2.45) is 0 Å². The molecule has 4 heteroatoms. The van der Waals surface area contributed by atoms with Gasteiger partial charge in [0.05, 0.1) is 6.10 Å². The number of allylic oxidation sites excluding steroid dienone is 7. The van der Waals surface area contributed by atoms with Crippen LogP contribution in [0.4, 0.5) is 4.39 Å². The molecular weight excluding hydrogens is 341 g/mol. The molecule has 1 aromatic carbocycles. The van der Waals surface area contributed by atoms with Crippen molar-refractivity contribution >= 4 is 5.57 Å². The Labute approximate surface area is 160 Å². The van der Waals surface area contributed by atoms with Gasteiger partial charge in [0.25, 0.3) is 0 Å². The predicted octanol–water partition coefficient (Wildman–Crippen LogP) is 4.28. The number of aliphatic hydroxyl groups is 2. The van der Waals surface area contributed by atoms with E-state index in [0.717, 1.165) is 35.4 Å². The zero-order valence-electron chi connectivity index (χ0n) is 15.7. The molecule has 1 aromatic rings. The van der Waals surface area contributed by atoms with Gasteiger partial charge >= 0.3 is 0 Å². The molecule has 1 aliphatic carbocycles. The topological polar surface area (TPSA) is 52.5 Å². The van der Waals surface area contributed by atoms with Gasteiger partial charge in [0.15, 0.2) is 0 Å². The lowest BCUT2D eigenvalue weighted by Crippen LogP contribution is -2.14. The number of hydrogen-bond donors (Lipinski definition) is 3. The van der Waals surface area contributed by atoms with Crippen LogP contribution in [0.1, 0.15) is 31.7 Å². The Kier molecular flexibility index (Phi) is 8.75. The second kappa shape index (κ2) is 11.3. The van der Waals surface area contributed by atoms with Crippen LogP contribution in [0.2, 0.25) is 0 Å². The van der Waals surface area contributed by atoms with Gasteiger partial charge in [-0.25, -0.2) is 4.39 Å². The van der Waals surface area contributed by atoms with Crippen molar-refractivity contribution in [1.82, 2.24) is 5.32 Å². The van der Waals surface area contributed by atoms with E-state index in [1.165, 1.54) is 12.1 Å². The Morgan fingerprint density at radius 2 is 2.07 bits per heavy atom. The van der Waals surface area contributed by atoms with E-state index in [1.807, 2.05) is 31.2 Å². The standard InChI is InChI=1S/C23H28FNO2/c1-2-25-23-12-5-3-4-10-22(23)21(18-13-15-19(24)16-14-18)11-6-8-20(27)9-7-17-26/h3,5-6,8,10-16,20,25-27H,2,4,7,9,17H2,1H3/b8-6+,21-11+. The molecule has 144 valence electrons. The van der Waals surface area contributed by atoms with Crippen molar-refractivity contribution < 1.29 is 14.6 Å². The molecule has 0 aromatic heterocycles. The second-order valence-corrected chi connectivity index (χ2v) is 6.30. The average molecular weight is 369 g/mol. The highest BCUT2D eigenvalue weighted by Crippen LogP contribution is 2.30. The zero-order valence-corrected chi connectivity index (χ0v) is 15.7. The van der Waals surface area contributed by atoms with Crippen LogP contribution < -0.4 is 5.32 Å². The highest BCUT2D eigenvalue weighted by molar-refractivity contribution is 5.84. The van der Waals surface area contributed by atoms with E-state index in [-0.39, 0.29) is 12.4 Å². The molecule has 2 rings (SSSR count). The Bertz CT molecular complexity index is 742. The number of rotatable bonds is 9. The first-order chi connectivity index (χ1) is 13.2. The SMILES string of the molecule is CCNC1=CC=CCC=C1/C(=C/C=C/C(O)CCCO)c1ccc(F)cc1. The molecule has 3 N–H and O–H groups in total. The van der Waals surface area contributed by atoms with Crippen LogP contribution in [-0.4, -0.2) is 29.5 Å². The Morgan fingerprint density at radius 3 is 2.78 bits per heavy atom. The molecule has 0 saturated heterocycles. The number of hydrogen-bond acceptors (Lipinski definition) is 3. The summed E-state index contributed by atoms with van der Waals surface area (Å²) in [4.78, 5) is 0. The molecule has 1 aliphatic rings. The van der Waals surface area contributed by atoms with E-state index in [4.69, 9.17) is 5.11 Å². The van der Waals surface area contributed by atoms with E-state index >= 15 is 0 Å². The molecular formula is C23H28FNO2. The quantitative estimate of drug-likeness (QED) is 0.570. The van der Waals surface area contributed by atoms with E-state index in [9.17, 15) is 9.50 Å². The molecule has 0 fully saturated rings. The molecule has 0 spiro atoms. The van der Waals surface area contributed by atoms with E-state index in [1.54, 1.807) is 18.2 Å². The summed E-state index contributed by atoms with van der Waals surface area (Å²) in [5.74, 6) is -0.271. The minimum Gasteiger partial charge on any atom is -0.396 e. The summed E-state index contributed by atoms with van der Waals surface area (Å²) < 4.78 is 13.4. The largest absolute Gasteiger partial charge is 0.396 e. The van der Waals surface area contributed by atoms with Gasteiger partial charge in [-0.3, -0.25) is 0 Å². The lowest BCUT2D eigenvalue weighted by Gasteiger charge is -2.17. The van der Waals surface area contributed by atoms with Crippen molar-refractivity contribution in [1.29, 1.82) is 0 Å². The number of benzene rings is 1. The van der Waals surface area contributed by atoms with Gasteiger partial charge in [0.2, 0.25) is 0 Å². The third kappa shape index (κ3) is 6.66.